The number of nitrogen functional groups attached to an aromatic ring is 1. The van der Waals surface area contributed by atoms with Crippen LogP contribution in [0.3, 0.4) is 0 Å². The third-order valence-electron chi connectivity index (χ3n) is 2.03. The van der Waals surface area contributed by atoms with Crippen LogP contribution in [0.25, 0.3) is 0 Å². The SMILES string of the molecule is Nc1cn(CCCOCC(F)(F)F)cc(Br)c1=O. The third-order valence-corrected chi connectivity index (χ3v) is 2.60. The minimum Gasteiger partial charge on any atom is -0.394 e. The molecule has 8 heteroatoms. The Morgan fingerprint density at radius 1 is 1.39 bits per heavy atom. The highest BCUT2D eigenvalue weighted by atomic mass is 79.9. The molecule has 2 N–H and O–H groups in total. The summed E-state index contributed by atoms with van der Waals surface area (Å²) >= 11 is 3.05. The van der Waals surface area contributed by atoms with Crippen LogP contribution in [0.1, 0.15) is 6.42 Å². The van der Waals surface area contributed by atoms with Crippen molar-refractivity contribution in [3.8, 4) is 0 Å². The van der Waals surface area contributed by atoms with Gasteiger partial charge in [0, 0.05) is 25.5 Å². The summed E-state index contributed by atoms with van der Waals surface area (Å²) in [4.78, 5) is 11.3. The van der Waals surface area contributed by atoms with Gasteiger partial charge < -0.3 is 15.0 Å². The molecule has 0 aliphatic rings. The first-order chi connectivity index (χ1) is 8.29. The molecule has 0 aliphatic carbocycles. The van der Waals surface area contributed by atoms with Crippen LogP contribution in [0, 0.1) is 0 Å². The Morgan fingerprint density at radius 3 is 2.61 bits per heavy atom. The number of nitrogens with two attached hydrogens (primary N) is 1. The molecule has 0 radical (unpaired) electrons. The van der Waals surface area contributed by atoms with Crippen LogP contribution in [0.4, 0.5) is 18.9 Å². The summed E-state index contributed by atoms with van der Waals surface area (Å²) in [5.41, 5.74) is 5.24. The van der Waals surface area contributed by atoms with E-state index in [1.165, 1.54) is 12.4 Å². The summed E-state index contributed by atoms with van der Waals surface area (Å²) in [5, 5.41) is 0. The lowest BCUT2D eigenvalue weighted by Gasteiger charge is -2.10. The number of rotatable bonds is 5. The monoisotopic (exact) mass is 328 g/mol. The van der Waals surface area contributed by atoms with Crippen LogP contribution in [0.5, 0.6) is 0 Å². The van der Waals surface area contributed by atoms with Crippen molar-refractivity contribution < 1.29 is 17.9 Å². The largest absolute Gasteiger partial charge is 0.411 e. The Balaban J connectivity index is 2.39. The average Bonchev–Trinajstić information content (AvgIpc) is 2.23. The Labute approximate surface area is 110 Å². The normalized spacial score (nSPS) is 11.8. The molecule has 0 atom stereocenters. The molecule has 0 bridgehead atoms. The first kappa shape index (κ1) is 15.0. The summed E-state index contributed by atoms with van der Waals surface area (Å²) in [7, 11) is 0. The zero-order valence-electron chi connectivity index (χ0n) is 9.34. The minimum absolute atomic E-state index is 0.0108. The number of ether oxygens (including phenoxy) is 1. The molecular weight excluding hydrogens is 317 g/mol. The van der Waals surface area contributed by atoms with Gasteiger partial charge in [-0.3, -0.25) is 4.79 Å². The van der Waals surface area contributed by atoms with Crippen LogP contribution < -0.4 is 11.2 Å². The van der Waals surface area contributed by atoms with Crippen molar-refractivity contribution in [2.45, 2.75) is 19.1 Å². The molecule has 0 unspecified atom stereocenters. The van der Waals surface area contributed by atoms with Crippen molar-refractivity contribution in [2.75, 3.05) is 18.9 Å². The van der Waals surface area contributed by atoms with Crippen LogP contribution in [-0.4, -0.2) is 24.0 Å². The fourth-order valence-corrected chi connectivity index (χ4v) is 1.77. The molecule has 0 aliphatic heterocycles. The van der Waals surface area contributed by atoms with Crippen molar-refractivity contribution in [1.82, 2.24) is 4.57 Å². The maximum atomic E-state index is 11.8. The number of hydrogen-bond donors (Lipinski definition) is 1. The molecule has 0 amide bonds. The van der Waals surface area contributed by atoms with Crippen LogP contribution in [-0.2, 0) is 11.3 Å². The molecule has 18 heavy (non-hydrogen) atoms. The second-order valence-electron chi connectivity index (χ2n) is 3.65. The first-order valence-corrected chi connectivity index (χ1v) is 5.88. The Kier molecular flexibility index (Phi) is 5.21. The minimum atomic E-state index is -4.30. The average molecular weight is 329 g/mol. The predicted molar refractivity (Wildman–Crippen MR) is 64.3 cm³/mol. The van der Waals surface area contributed by atoms with Gasteiger partial charge in [-0.25, -0.2) is 0 Å². The van der Waals surface area contributed by atoms with E-state index >= 15 is 0 Å². The Hall–Kier alpha value is -1.02. The molecule has 0 saturated carbocycles. The smallest absolute Gasteiger partial charge is 0.394 e. The fourth-order valence-electron chi connectivity index (χ4n) is 1.28. The van der Waals surface area contributed by atoms with Gasteiger partial charge in [0.1, 0.15) is 6.61 Å². The highest BCUT2D eigenvalue weighted by Gasteiger charge is 2.27. The maximum absolute atomic E-state index is 11.8. The molecule has 1 heterocycles. The summed E-state index contributed by atoms with van der Waals surface area (Å²) < 4.78 is 41.7. The molecule has 0 saturated heterocycles. The van der Waals surface area contributed by atoms with Crippen LogP contribution >= 0.6 is 15.9 Å². The Bertz CT molecular complexity index is 433. The number of nitrogens with zero attached hydrogens (tertiary/aromatic N) is 1. The number of hydrogen-bond acceptors (Lipinski definition) is 3. The van der Waals surface area contributed by atoms with E-state index in [1.807, 2.05) is 0 Å². The van der Waals surface area contributed by atoms with E-state index < -0.39 is 12.8 Å². The number of anilines is 1. The van der Waals surface area contributed by atoms with E-state index in [9.17, 15) is 18.0 Å². The van der Waals surface area contributed by atoms with Crippen molar-refractivity contribution in [2.24, 2.45) is 0 Å². The molecule has 1 rings (SSSR count). The van der Waals surface area contributed by atoms with Crippen molar-refractivity contribution in [3.63, 3.8) is 0 Å². The van der Waals surface area contributed by atoms with E-state index in [2.05, 4.69) is 20.7 Å². The van der Waals surface area contributed by atoms with Gasteiger partial charge in [-0.2, -0.15) is 13.2 Å². The second-order valence-corrected chi connectivity index (χ2v) is 4.50. The zero-order valence-corrected chi connectivity index (χ0v) is 10.9. The standard InChI is InChI=1S/C10H12BrF3N2O2/c11-7-4-16(5-8(15)9(7)17)2-1-3-18-6-10(12,13)14/h4-5H,1-3,6,15H2. The third kappa shape index (κ3) is 5.09. The quantitative estimate of drug-likeness (QED) is 0.843. The maximum Gasteiger partial charge on any atom is 0.411 e. The Morgan fingerprint density at radius 2 is 2.06 bits per heavy atom. The molecule has 0 aromatic carbocycles. The number of aryl methyl sites for hydroxylation is 1. The fraction of sp³-hybridized carbons (Fsp3) is 0.500. The summed E-state index contributed by atoms with van der Waals surface area (Å²) in [6.07, 6.45) is -0.936. The summed E-state index contributed by atoms with van der Waals surface area (Å²) in [6, 6.07) is 0. The highest BCUT2D eigenvalue weighted by Crippen LogP contribution is 2.14. The van der Waals surface area contributed by atoms with Gasteiger partial charge in [0.2, 0.25) is 5.43 Å². The number of alkyl halides is 3. The van der Waals surface area contributed by atoms with Gasteiger partial charge in [0.25, 0.3) is 0 Å². The summed E-state index contributed by atoms with van der Waals surface area (Å²) in [6.45, 7) is -0.840. The van der Waals surface area contributed by atoms with E-state index in [-0.39, 0.29) is 17.7 Å². The molecule has 102 valence electrons. The van der Waals surface area contributed by atoms with Crippen molar-refractivity contribution >= 4 is 21.6 Å². The van der Waals surface area contributed by atoms with Crippen LogP contribution in [0.15, 0.2) is 21.7 Å². The lowest BCUT2D eigenvalue weighted by molar-refractivity contribution is -0.174. The predicted octanol–water partition coefficient (Wildman–Crippen LogP) is 2.16. The van der Waals surface area contributed by atoms with E-state index in [0.717, 1.165) is 0 Å². The van der Waals surface area contributed by atoms with Gasteiger partial charge in [-0.15, -0.1) is 0 Å². The number of pyridine rings is 1. The van der Waals surface area contributed by atoms with Gasteiger partial charge >= 0.3 is 6.18 Å². The second kappa shape index (κ2) is 6.24. The number of aromatic nitrogens is 1. The van der Waals surface area contributed by atoms with Gasteiger partial charge in [0.05, 0.1) is 10.2 Å². The molecule has 1 aromatic rings. The highest BCUT2D eigenvalue weighted by molar-refractivity contribution is 9.10. The van der Waals surface area contributed by atoms with Crippen molar-refractivity contribution in [3.05, 3.63) is 27.1 Å². The lowest BCUT2D eigenvalue weighted by Crippen LogP contribution is -2.18. The topological polar surface area (TPSA) is 57.2 Å². The summed E-state index contributed by atoms with van der Waals surface area (Å²) in [5.74, 6) is 0. The van der Waals surface area contributed by atoms with E-state index in [4.69, 9.17) is 5.73 Å². The van der Waals surface area contributed by atoms with Crippen LogP contribution in [0.2, 0.25) is 0 Å². The first-order valence-electron chi connectivity index (χ1n) is 5.09. The van der Waals surface area contributed by atoms with Gasteiger partial charge in [-0.05, 0) is 22.4 Å². The van der Waals surface area contributed by atoms with Crippen molar-refractivity contribution in [1.29, 1.82) is 0 Å². The lowest BCUT2D eigenvalue weighted by atomic mass is 10.4. The van der Waals surface area contributed by atoms with Gasteiger partial charge in [0.15, 0.2) is 0 Å². The molecule has 0 fully saturated rings. The number of halogens is 4. The molecule has 4 nitrogen and oxygen atoms in total. The molecule has 0 spiro atoms. The van der Waals surface area contributed by atoms with Gasteiger partial charge in [-0.1, -0.05) is 0 Å². The zero-order chi connectivity index (χ0) is 13.8. The van der Waals surface area contributed by atoms with E-state index in [1.54, 1.807) is 4.57 Å². The van der Waals surface area contributed by atoms with E-state index in [0.29, 0.717) is 17.4 Å². The molecular formula is C10H12BrF3N2O2. The molecule has 1 aromatic heterocycles.